The van der Waals surface area contributed by atoms with Crippen molar-refractivity contribution in [1.29, 1.82) is 0 Å². The Kier molecular flexibility index (Phi) is 3.25. The Hall–Kier alpha value is -2.60. The average Bonchev–Trinajstić information content (AvgIpc) is 3.00. The van der Waals surface area contributed by atoms with Crippen molar-refractivity contribution in [3.63, 3.8) is 0 Å². The third-order valence-electron chi connectivity index (χ3n) is 4.58. The molecule has 0 spiro atoms. The van der Waals surface area contributed by atoms with Crippen molar-refractivity contribution in [1.82, 2.24) is 9.38 Å². The van der Waals surface area contributed by atoms with Gasteiger partial charge < -0.3 is 14.9 Å². The van der Waals surface area contributed by atoms with Gasteiger partial charge in [-0.3, -0.25) is 4.40 Å². The molecule has 5 nitrogen and oxygen atoms in total. The van der Waals surface area contributed by atoms with Crippen molar-refractivity contribution in [2.24, 2.45) is 0 Å². The molecular formula is C18H17FN2O3. The lowest BCUT2D eigenvalue weighted by atomic mass is 10.1. The fourth-order valence-electron chi connectivity index (χ4n) is 3.37. The summed E-state index contributed by atoms with van der Waals surface area (Å²) in [5.41, 5.74) is 3.56. The zero-order valence-corrected chi connectivity index (χ0v) is 13.3. The summed E-state index contributed by atoms with van der Waals surface area (Å²) in [6, 6.07) is 8.07. The number of aromatic nitrogens is 2. The van der Waals surface area contributed by atoms with Gasteiger partial charge in [-0.05, 0) is 49.2 Å². The highest BCUT2D eigenvalue weighted by Crippen LogP contribution is 2.37. The number of halogens is 1. The number of hydrogen-bond donors (Lipinski definition) is 2. The molecule has 2 atom stereocenters. The molecule has 0 bridgehead atoms. The number of aliphatic hydroxyl groups excluding tert-OH is 1. The summed E-state index contributed by atoms with van der Waals surface area (Å²) >= 11 is 0. The molecular weight excluding hydrogens is 311 g/mol. The summed E-state index contributed by atoms with van der Waals surface area (Å²) in [6.45, 7) is 3.68. The van der Waals surface area contributed by atoms with Gasteiger partial charge in [0.05, 0.1) is 11.8 Å². The Labute approximate surface area is 138 Å². The van der Waals surface area contributed by atoms with Gasteiger partial charge in [-0.1, -0.05) is 6.07 Å². The monoisotopic (exact) mass is 328 g/mol. The summed E-state index contributed by atoms with van der Waals surface area (Å²) < 4.78 is 21.2. The fraction of sp³-hybridized carbons (Fsp3) is 0.278. The first kappa shape index (κ1) is 15.0. The number of nitrogens with zero attached hydrogens (tertiary/aromatic N) is 2. The number of imidazole rings is 1. The third-order valence-corrected chi connectivity index (χ3v) is 4.58. The summed E-state index contributed by atoms with van der Waals surface area (Å²) in [5.74, 6) is 0.0851. The van der Waals surface area contributed by atoms with Crippen LogP contribution in [0.2, 0.25) is 0 Å². The van der Waals surface area contributed by atoms with E-state index < -0.39 is 12.2 Å². The molecule has 124 valence electrons. The van der Waals surface area contributed by atoms with Crippen LogP contribution in [-0.4, -0.2) is 25.7 Å². The second kappa shape index (κ2) is 5.21. The van der Waals surface area contributed by atoms with E-state index in [9.17, 15) is 14.6 Å². The number of rotatable bonds is 2. The maximum absolute atomic E-state index is 13.4. The maximum Gasteiger partial charge on any atom is 0.233 e. The number of aliphatic hydroxyl groups is 1. The van der Waals surface area contributed by atoms with Crippen LogP contribution in [0.5, 0.6) is 11.6 Å². The molecule has 2 heterocycles. The summed E-state index contributed by atoms with van der Waals surface area (Å²) in [5, 5.41) is 20.2. The predicted molar refractivity (Wildman–Crippen MR) is 85.8 cm³/mol. The first-order chi connectivity index (χ1) is 11.5. The van der Waals surface area contributed by atoms with Crippen molar-refractivity contribution < 1.29 is 19.3 Å². The molecule has 2 N–H and O–H groups in total. The molecule has 2 unspecified atom stereocenters. The van der Waals surface area contributed by atoms with Crippen LogP contribution in [0.15, 0.2) is 30.3 Å². The van der Waals surface area contributed by atoms with Gasteiger partial charge in [-0.2, -0.15) is 4.98 Å². The van der Waals surface area contributed by atoms with E-state index in [0.29, 0.717) is 23.5 Å². The van der Waals surface area contributed by atoms with Crippen LogP contribution in [0.25, 0.3) is 5.65 Å². The third kappa shape index (κ3) is 2.14. The molecule has 2 aromatic heterocycles. The van der Waals surface area contributed by atoms with Gasteiger partial charge in [0.15, 0.2) is 17.5 Å². The lowest BCUT2D eigenvalue weighted by Gasteiger charge is -2.19. The molecule has 0 aliphatic heterocycles. The van der Waals surface area contributed by atoms with Crippen LogP contribution < -0.4 is 4.74 Å². The molecule has 24 heavy (non-hydrogen) atoms. The largest absolute Gasteiger partial charge is 0.492 e. The Morgan fingerprint density at radius 3 is 2.83 bits per heavy atom. The minimum atomic E-state index is -0.757. The topological polar surface area (TPSA) is 67.0 Å². The van der Waals surface area contributed by atoms with E-state index >= 15 is 0 Å². The van der Waals surface area contributed by atoms with E-state index in [1.165, 1.54) is 12.1 Å². The zero-order valence-electron chi connectivity index (χ0n) is 13.3. The van der Waals surface area contributed by atoms with Crippen LogP contribution >= 0.6 is 0 Å². The second-order valence-corrected chi connectivity index (χ2v) is 6.17. The molecule has 0 amide bonds. The normalized spacial score (nSPS) is 19.7. The number of pyridine rings is 1. The van der Waals surface area contributed by atoms with Crippen LogP contribution in [0.3, 0.4) is 0 Å². The number of hydrogen-bond acceptors (Lipinski definition) is 4. The predicted octanol–water partition coefficient (Wildman–Crippen LogP) is 2.83. The van der Waals surface area contributed by atoms with E-state index in [0.717, 1.165) is 16.8 Å². The fourth-order valence-corrected chi connectivity index (χ4v) is 3.37. The Balaban J connectivity index is 1.78. The van der Waals surface area contributed by atoms with Crippen molar-refractivity contribution in [2.75, 3.05) is 0 Å². The van der Waals surface area contributed by atoms with E-state index in [1.54, 1.807) is 23.5 Å². The van der Waals surface area contributed by atoms with Gasteiger partial charge in [0.25, 0.3) is 0 Å². The van der Waals surface area contributed by atoms with Gasteiger partial charge in [-0.25, -0.2) is 4.39 Å². The lowest BCUT2D eigenvalue weighted by molar-refractivity contribution is 0.0502. The molecule has 0 saturated heterocycles. The average molecular weight is 328 g/mol. The molecule has 0 fully saturated rings. The molecule has 1 aliphatic carbocycles. The minimum absolute atomic E-state index is 0.0522. The molecule has 1 aromatic carbocycles. The lowest BCUT2D eigenvalue weighted by Crippen LogP contribution is -2.19. The van der Waals surface area contributed by atoms with Crippen molar-refractivity contribution in [3.8, 4) is 11.6 Å². The highest BCUT2D eigenvalue weighted by Gasteiger charge is 2.34. The SMILES string of the molecule is Cc1ccc(OC2c3ccc(F)cc3CC2O)c2nc(O)c(C)n12. The zero-order chi connectivity index (χ0) is 17.0. The van der Waals surface area contributed by atoms with Gasteiger partial charge in [0, 0.05) is 12.1 Å². The van der Waals surface area contributed by atoms with Gasteiger partial charge in [-0.15, -0.1) is 0 Å². The molecule has 1 aliphatic rings. The number of aromatic hydroxyl groups is 1. The van der Waals surface area contributed by atoms with Crippen molar-refractivity contribution in [3.05, 3.63) is 58.7 Å². The van der Waals surface area contributed by atoms with E-state index in [1.807, 2.05) is 13.0 Å². The van der Waals surface area contributed by atoms with E-state index in [4.69, 9.17) is 4.74 Å². The van der Waals surface area contributed by atoms with Crippen LogP contribution in [0, 0.1) is 19.7 Å². The first-order valence-electron chi connectivity index (χ1n) is 7.76. The number of benzene rings is 1. The Bertz CT molecular complexity index is 951. The highest BCUT2D eigenvalue weighted by atomic mass is 19.1. The molecule has 0 saturated carbocycles. The minimum Gasteiger partial charge on any atom is -0.492 e. The number of aryl methyl sites for hydroxylation is 2. The van der Waals surface area contributed by atoms with Crippen LogP contribution in [0.4, 0.5) is 4.39 Å². The standard InChI is InChI=1S/C18H17FN2O3/c1-9-3-6-15(17-20-18(23)10(2)21(9)17)24-16-13-5-4-12(19)7-11(13)8-14(16)22/h3-7,14,16,22-23H,8H2,1-2H3. The quantitative estimate of drug-likeness (QED) is 0.759. The Morgan fingerprint density at radius 1 is 1.25 bits per heavy atom. The van der Waals surface area contributed by atoms with Crippen LogP contribution in [-0.2, 0) is 6.42 Å². The summed E-state index contributed by atoms with van der Waals surface area (Å²) in [6.07, 6.45) is -1.00. The summed E-state index contributed by atoms with van der Waals surface area (Å²) in [4.78, 5) is 4.16. The molecule has 4 rings (SSSR count). The van der Waals surface area contributed by atoms with Gasteiger partial charge in [0.1, 0.15) is 5.82 Å². The van der Waals surface area contributed by atoms with Gasteiger partial charge >= 0.3 is 0 Å². The maximum atomic E-state index is 13.4. The van der Waals surface area contributed by atoms with E-state index in [2.05, 4.69) is 4.98 Å². The molecule has 3 aromatic rings. The van der Waals surface area contributed by atoms with Crippen LogP contribution in [0.1, 0.15) is 28.6 Å². The second-order valence-electron chi connectivity index (χ2n) is 6.17. The van der Waals surface area contributed by atoms with Gasteiger partial charge in [0.2, 0.25) is 5.88 Å². The number of ether oxygens (including phenoxy) is 1. The number of fused-ring (bicyclic) bond motifs is 2. The Morgan fingerprint density at radius 2 is 2.04 bits per heavy atom. The first-order valence-corrected chi connectivity index (χ1v) is 7.76. The smallest absolute Gasteiger partial charge is 0.233 e. The highest BCUT2D eigenvalue weighted by molar-refractivity contribution is 5.58. The van der Waals surface area contributed by atoms with E-state index in [-0.39, 0.29) is 11.7 Å². The summed E-state index contributed by atoms with van der Waals surface area (Å²) in [7, 11) is 0. The molecule has 6 heteroatoms. The molecule has 0 radical (unpaired) electrons. The van der Waals surface area contributed by atoms with Crippen molar-refractivity contribution in [2.45, 2.75) is 32.5 Å². The van der Waals surface area contributed by atoms with Crippen molar-refractivity contribution >= 4 is 5.65 Å².